The van der Waals surface area contributed by atoms with Crippen LogP contribution >= 0.6 is 11.3 Å². The van der Waals surface area contributed by atoms with E-state index in [2.05, 4.69) is 22.1 Å². The van der Waals surface area contributed by atoms with E-state index in [4.69, 9.17) is 0 Å². The summed E-state index contributed by atoms with van der Waals surface area (Å²) in [5, 5.41) is 14.9. The lowest BCUT2D eigenvalue weighted by Crippen LogP contribution is -2.51. The van der Waals surface area contributed by atoms with Crippen molar-refractivity contribution in [1.82, 2.24) is 15.2 Å². The van der Waals surface area contributed by atoms with E-state index >= 15 is 0 Å². The molecule has 1 saturated heterocycles. The molecule has 2 aromatic rings. The number of nitrogens with one attached hydrogen (secondary N) is 1. The van der Waals surface area contributed by atoms with E-state index in [1.165, 1.54) is 17.4 Å². The minimum Gasteiger partial charge on any atom is -0.391 e. The van der Waals surface area contributed by atoms with Gasteiger partial charge in [0, 0.05) is 41.7 Å². The summed E-state index contributed by atoms with van der Waals surface area (Å²) in [5.74, 6) is -0.217. The zero-order valence-corrected chi connectivity index (χ0v) is 18.2. The van der Waals surface area contributed by atoms with E-state index in [-0.39, 0.29) is 18.0 Å². The molecule has 1 aromatic carbocycles. The molecule has 2 fully saturated rings. The van der Waals surface area contributed by atoms with Crippen molar-refractivity contribution in [3.63, 3.8) is 0 Å². The molecular weight excluding hydrogens is 385 g/mol. The largest absolute Gasteiger partial charge is 0.391 e. The average molecular weight is 418 g/mol. The van der Waals surface area contributed by atoms with Crippen molar-refractivity contribution < 1.29 is 9.50 Å². The summed E-state index contributed by atoms with van der Waals surface area (Å²) in [6, 6.07) is 7.88. The van der Waals surface area contributed by atoms with Crippen molar-refractivity contribution in [1.29, 1.82) is 0 Å². The number of likely N-dealkylation sites (tertiary alicyclic amines) is 1. The van der Waals surface area contributed by atoms with Crippen LogP contribution in [-0.4, -0.2) is 46.3 Å². The molecule has 0 spiro atoms. The van der Waals surface area contributed by atoms with E-state index in [1.807, 2.05) is 13.0 Å². The highest BCUT2D eigenvalue weighted by atomic mass is 32.1. The molecule has 2 aliphatic rings. The number of rotatable bonds is 5. The first-order valence-electron chi connectivity index (χ1n) is 10.9. The number of piperidine rings is 1. The second kappa shape index (κ2) is 9.21. The zero-order chi connectivity index (χ0) is 20.4. The molecular formula is C23H32FN3OS. The Balaban J connectivity index is 1.36. The molecule has 1 aliphatic carbocycles. The van der Waals surface area contributed by atoms with Gasteiger partial charge in [-0.1, -0.05) is 25.0 Å². The van der Waals surface area contributed by atoms with Crippen molar-refractivity contribution >= 4 is 11.3 Å². The van der Waals surface area contributed by atoms with Crippen LogP contribution in [0.1, 0.15) is 62.1 Å². The van der Waals surface area contributed by atoms with Crippen LogP contribution in [0.4, 0.5) is 4.39 Å². The summed E-state index contributed by atoms with van der Waals surface area (Å²) in [4.78, 5) is 8.33. The van der Waals surface area contributed by atoms with Gasteiger partial charge in [0.15, 0.2) is 0 Å². The number of halogens is 1. The Morgan fingerprint density at radius 1 is 1.17 bits per heavy atom. The Morgan fingerprint density at radius 2 is 1.90 bits per heavy atom. The van der Waals surface area contributed by atoms with Crippen LogP contribution < -0.4 is 5.32 Å². The number of aliphatic hydroxyl groups is 1. The van der Waals surface area contributed by atoms with Crippen molar-refractivity contribution in [2.75, 3.05) is 13.1 Å². The quantitative estimate of drug-likeness (QED) is 0.742. The highest BCUT2D eigenvalue weighted by Crippen LogP contribution is 2.34. The van der Waals surface area contributed by atoms with Crippen molar-refractivity contribution in [3.8, 4) is 10.6 Å². The van der Waals surface area contributed by atoms with Gasteiger partial charge in [-0.3, -0.25) is 4.90 Å². The normalized spacial score (nSPS) is 25.2. The Bertz CT molecular complexity index is 818. The minimum absolute atomic E-state index is 0.149. The Hall–Kier alpha value is -1.34. The van der Waals surface area contributed by atoms with Gasteiger partial charge in [-0.05, 0) is 51.7 Å². The molecule has 3 atom stereocenters. The Labute approximate surface area is 177 Å². The number of thiazole rings is 1. The molecule has 4 rings (SSSR count). The molecule has 0 bridgehead atoms. The maximum absolute atomic E-state index is 14.1. The fourth-order valence-electron chi connectivity index (χ4n) is 4.90. The lowest BCUT2D eigenvalue weighted by molar-refractivity contribution is 0.00672. The van der Waals surface area contributed by atoms with Gasteiger partial charge in [-0.2, -0.15) is 0 Å². The van der Waals surface area contributed by atoms with Crippen LogP contribution in [-0.2, 0) is 0 Å². The molecule has 1 saturated carbocycles. The topological polar surface area (TPSA) is 48.4 Å². The third kappa shape index (κ3) is 4.71. The van der Waals surface area contributed by atoms with E-state index in [0.717, 1.165) is 55.9 Å². The fraction of sp³-hybridized carbons (Fsp3) is 0.609. The van der Waals surface area contributed by atoms with Gasteiger partial charge in [-0.25, -0.2) is 9.37 Å². The summed E-state index contributed by atoms with van der Waals surface area (Å²) in [6.07, 6.45) is 6.55. The second-order valence-corrected chi connectivity index (χ2v) is 9.60. The molecule has 29 heavy (non-hydrogen) atoms. The van der Waals surface area contributed by atoms with Gasteiger partial charge in [0.2, 0.25) is 0 Å². The predicted molar refractivity (Wildman–Crippen MR) is 117 cm³/mol. The smallest absolute Gasteiger partial charge is 0.133 e. The van der Waals surface area contributed by atoms with E-state index < -0.39 is 0 Å². The summed E-state index contributed by atoms with van der Waals surface area (Å²) < 4.78 is 14.1. The fourth-order valence-corrected chi connectivity index (χ4v) is 6.01. The second-order valence-electron chi connectivity index (χ2n) is 8.57. The zero-order valence-electron chi connectivity index (χ0n) is 17.4. The van der Waals surface area contributed by atoms with E-state index in [1.54, 1.807) is 23.5 Å². The van der Waals surface area contributed by atoms with Crippen LogP contribution in [0.5, 0.6) is 0 Å². The van der Waals surface area contributed by atoms with Gasteiger partial charge in [0.25, 0.3) is 0 Å². The lowest BCUT2D eigenvalue weighted by atomic mass is 9.89. The summed E-state index contributed by atoms with van der Waals surface area (Å²) in [5.41, 5.74) is 1.56. The summed E-state index contributed by atoms with van der Waals surface area (Å²) >= 11 is 1.59. The van der Waals surface area contributed by atoms with Gasteiger partial charge in [0.1, 0.15) is 10.8 Å². The molecule has 2 N–H and O–H groups in total. The maximum atomic E-state index is 14.1. The van der Waals surface area contributed by atoms with E-state index in [9.17, 15) is 9.50 Å². The highest BCUT2D eigenvalue weighted by Gasteiger charge is 2.32. The number of aliphatic hydroxyl groups excluding tert-OH is 1. The van der Waals surface area contributed by atoms with Gasteiger partial charge < -0.3 is 10.4 Å². The first-order chi connectivity index (χ1) is 14.0. The molecule has 0 amide bonds. The van der Waals surface area contributed by atoms with Crippen LogP contribution in [0.2, 0.25) is 0 Å². The number of hydrogen-bond donors (Lipinski definition) is 2. The van der Waals surface area contributed by atoms with Gasteiger partial charge in [-0.15, -0.1) is 11.3 Å². The molecule has 1 aliphatic heterocycles. The standard InChI is InChI=1S/C23H32FN3OS/c1-15(22-16(2)26-23(29-22)18-7-3-4-8-19(18)24)25-17-11-13-27(14-12-17)20-9-5-6-10-21(20)28/h3-4,7-8,15,17,20-21,25,28H,5-6,9-14H2,1-2H3. The number of aromatic nitrogens is 1. The molecule has 2 heterocycles. The Kier molecular flexibility index (Phi) is 6.64. The number of nitrogens with zero attached hydrogens (tertiary/aromatic N) is 2. The van der Waals surface area contributed by atoms with Crippen LogP contribution in [0.15, 0.2) is 24.3 Å². The van der Waals surface area contributed by atoms with Crippen LogP contribution in [0, 0.1) is 12.7 Å². The first kappa shape index (κ1) is 20.9. The molecule has 158 valence electrons. The van der Waals surface area contributed by atoms with Crippen LogP contribution in [0.3, 0.4) is 0 Å². The molecule has 1 aromatic heterocycles. The van der Waals surface area contributed by atoms with Crippen molar-refractivity contribution in [2.24, 2.45) is 0 Å². The molecule has 4 nitrogen and oxygen atoms in total. The summed E-state index contributed by atoms with van der Waals surface area (Å²) in [6.45, 7) is 6.30. The van der Waals surface area contributed by atoms with Crippen LogP contribution in [0.25, 0.3) is 10.6 Å². The third-order valence-electron chi connectivity index (χ3n) is 6.51. The monoisotopic (exact) mass is 417 g/mol. The highest BCUT2D eigenvalue weighted by molar-refractivity contribution is 7.15. The number of hydrogen-bond acceptors (Lipinski definition) is 5. The Morgan fingerprint density at radius 3 is 2.62 bits per heavy atom. The molecule has 3 unspecified atom stereocenters. The lowest BCUT2D eigenvalue weighted by Gasteiger charge is -2.42. The van der Waals surface area contributed by atoms with Crippen molar-refractivity contribution in [2.45, 2.75) is 76.6 Å². The first-order valence-corrected chi connectivity index (χ1v) is 11.7. The molecule has 6 heteroatoms. The molecule has 0 radical (unpaired) electrons. The van der Waals surface area contributed by atoms with Crippen molar-refractivity contribution in [3.05, 3.63) is 40.7 Å². The number of aryl methyl sites for hydroxylation is 1. The third-order valence-corrected chi connectivity index (χ3v) is 7.88. The SMILES string of the molecule is Cc1nc(-c2ccccc2F)sc1C(C)NC1CCN(C2CCCCC2O)CC1. The summed E-state index contributed by atoms with van der Waals surface area (Å²) in [7, 11) is 0. The predicted octanol–water partition coefficient (Wildman–Crippen LogP) is 4.68. The average Bonchev–Trinajstić information content (AvgIpc) is 3.11. The van der Waals surface area contributed by atoms with Gasteiger partial charge in [0.05, 0.1) is 11.8 Å². The number of benzene rings is 1. The minimum atomic E-state index is -0.217. The van der Waals surface area contributed by atoms with E-state index in [0.29, 0.717) is 17.6 Å². The van der Waals surface area contributed by atoms with Gasteiger partial charge >= 0.3 is 0 Å². The maximum Gasteiger partial charge on any atom is 0.133 e.